The number of rotatable bonds is 7. The van der Waals surface area contributed by atoms with E-state index in [1.807, 2.05) is 26.8 Å². The standard InChI is InChI=1S/C22H36N4O3S.C2HF3O2/c1-5-24-10-6-7-20(24)15-26(16-22(27)25-11-8-23-9-12-25)30(28,29)21-14-18(3)17(2)13-19(21)4;3-2(4,5)1(6)7/h13-14,20,23H,5-12,15-16H2,1-4H3;(H,6,7). The molecule has 13 heteroatoms. The van der Waals surface area contributed by atoms with Crippen molar-refractivity contribution in [3.63, 3.8) is 0 Å². The number of benzene rings is 1. The van der Waals surface area contributed by atoms with Crippen molar-refractivity contribution in [3.8, 4) is 0 Å². The summed E-state index contributed by atoms with van der Waals surface area (Å²) in [6.45, 7) is 12.8. The Hall–Kier alpha value is -2.22. The molecule has 210 valence electrons. The zero-order valence-electron chi connectivity index (χ0n) is 21.8. The average molecular weight is 551 g/mol. The highest BCUT2D eigenvalue weighted by molar-refractivity contribution is 7.89. The van der Waals surface area contributed by atoms with Crippen molar-refractivity contribution >= 4 is 21.9 Å². The number of alkyl halides is 3. The van der Waals surface area contributed by atoms with Crippen LogP contribution in [0.2, 0.25) is 0 Å². The number of carbonyl (C=O) groups excluding carboxylic acids is 1. The highest BCUT2D eigenvalue weighted by Gasteiger charge is 2.38. The van der Waals surface area contributed by atoms with E-state index in [0.717, 1.165) is 55.7 Å². The summed E-state index contributed by atoms with van der Waals surface area (Å²) in [6.07, 6.45) is -3.05. The molecule has 3 rings (SSSR count). The number of likely N-dealkylation sites (N-methyl/N-ethyl adjacent to an activating group) is 1. The molecule has 2 fully saturated rings. The minimum Gasteiger partial charge on any atom is -0.475 e. The van der Waals surface area contributed by atoms with Gasteiger partial charge in [0.25, 0.3) is 0 Å². The highest BCUT2D eigenvalue weighted by Crippen LogP contribution is 2.26. The van der Waals surface area contributed by atoms with Crippen LogP contribution in [0.4, 0.5) is 13.2 Å². The number of nitrogens with one attached hydrogen (secondary N) is 1. The van der Waals surface area contributed by atoms with E-state index in [-0.39, 0.29) is 18.5 Å². The molecule has 1 atom stereocenters. The summed E-state index contributed by atoms with van der Waals surface area (Å²) in [5.74, 6) is -2.87. The first-order chi connectivity index (χ1) is 17.2. The van der Waals surface area contributed by atoms with E-state index in [1.54, 1.807) is 11.0 Å². The molecule has 0 bridgehead atoms. The molecule has 2 aliphatic heterocycles. The van der Waals surface area contributed by atoms with E-state index in [0.29, 0.717) is 24.5 Å². The van der Waals surface area contributed by atoms with Gasteiger partial charge >= 0.3 is 12.1 Å². The summed E-state index contributed by atoms with van der Waals surface area (Å²) in [5, 5.41) is 10.4. The van der Waals surface area contributed by atoms with Gasteiger partial charge < -0.3 is 15.3 Å². The number of likely N-dealkylation sites (tertiary alicyclic amines) is 1. The summed E-state index contributed by atoms with van der Waals surface area (Å²) in [5.41, 5.74) is 2.75. The van der Waals surface area contributed by atoms with Crippen LogP contribution in [0.3, 0.4) is 0 Å². The molecule has 2 heterocycles. The molecule has 2 saturated heterocycles. The molecule has 2 aliphatic rings. The van der Waals surface area contributed by atoms with Gasteiger partial charge in [0.2, 0.25) is 15.9 Å². The Labute approximate surface area is 216 Å². The third kappa shape index (κ3) is 8.39. The van der Waals surface area contributed by atoms with Crippen molar-refractivity contribution in [1.29, 1.82) is 0 Å². The van der Waals surface area contributed by atoms with Crippen LogP contribution in [0.15, 0.2) is 17.0 Å². The molecule has 1 unspecified atom stereocenters. The topological polar surface area (TPSA) is 110 Å². The zero-order chi connectivity index (χ0) is 28.0. The second-order valence-electron chi connectivity index (χ2n) is 9.36. The lowest BCUT2D eigenvalue weighted by Gasteiger charge is -2.33. The minimum atomic E-state index is -5.08. The van der Waals surface area contributed by atoms with Gasteiger partial charge in [0, 0.05) is 38.8 Å². The van der Waals surface area contributed by atoms with Crippen LogP contribution in [0.25, 0.3) is 0 Å². The fourth-order valence-corrected chi connectivity index (χ4v) is 6.24. The first kappa shape index (κ1) is 31.0. The summed E-state index contributed by atoms with van der Waals surface area (Å²) >= 11 is 0. The van der Waals surface area contributed by atoms with Crippen LogP contribution in [0.5, 0.6) is 0 Å². The monoisotopic (exact) mass is 550 g/mol. The number of aliphatic carboxylic acids is 1. The largest absolute Gasteiger partial charge is 0.490 e. The second-order valence-corrected chi connectivity index (χ2v) is 11.3. The number of hydrogen-bond acceptors (Lipinski definition) is 6. The van der Waals surface area contributed by atoms with E-state index >= 15 is 0 Å². The molecule has 2 N–H and O–H groups in total. The van der Waals surface area contributed by atoms with Crippen molar-refractivity contribution in [2.75, 3.05) is 52.4 Å². The lowest BCUT2D eigenvalue weighted by molar-refractivity contribution is -0.192. The van der Waals surface area contributed by atoms with Crippen LogP contribution in [-0.4, -0.2) is 104 Å². The fraction of sp³-hybridized carbons (Fsp3) is 0.667. The lowest BCUT2D eigenvalue weighted by Crippen LogP contribution is -2.52. The first-order valence-electron chi connectivity index (χ1n) is 12.3. The zero-order valence-corrected chi connectivity index (χ0v) is 22.6. The molecule has 37 heavy (non-hydrogen) atoms. The number of carbonyl (C=O) groups is 2. The number of carboxylic acid groups (broad SMARTS) is 1. The predicted molar refractivity (Wildman–Crippen MR) is 133 cm³/mol. The van der Waals surface area contributed by atoms with Gasteiger partial charge in [0.1, 0.15) is 0 Å². The number of aryl methyl sites for hydroxylation is 3. The van der Waals surface area contributed by atoms with Crippen LogP contribution in [0.1, 0.15) is 36.5 Å². The van der Waals surface area contributed by atoms with Crippen LogP contribution in [0, 0.1) is 20.8 Å². The third-order valence-corrected chi connectivity index (χ3v) is 8.71. The smallest absolute Gasteiger partial charge is 0.475 e. The van der Waals surface area contributed by atoms with Gasteiger partial charge in [-0.05, 0) is 69.5 Å². The van der Waals surface area contributed by atoms with E-state index < -0.39 is 22.2 Å². The van der Waals surface area contributed by atoms with Crippen LogP contribution in [-0.2, 0) is 19.6 Å². The maximum Gasteiger partial charge on any atom is 0.490 e. The summed E-state index contributed by atoms with van der Waals surface area (Å²) in [4.78, 5) is 26.3. The molecule has 1 amide bonds. The average Bonchev–Trinajstić information content (AvgIpc) is 3.28. The number of amides is 1. The molecule has 0 spiro atoms. The number of nitrogens with zero attached hydrogens (tertiary/aromatic N) is 3. The van der Waals surface area contributed by atoms with Crippen molar-refractivity contribution in [3.05, 3.63) is 28.8 Å². The highest BCUT2D eigenvalue weighted by atomic mass is 32.2. The number of carboxylic acids is 1. The van der Waals surface area contributed by atoms with Crippen LogP contribution < -0.4 is 5.32 Å². The molecule has 9 nitrogen and oxygen atoms in total. The van der Waals surface area contributed by atoms with Crippen molar-refractivity contribution < 1.29 is 36.3 Å². The number of sulfonamides is 1. The Morgan fingerprint density at radius 2 is 1.65 bits per heavy atom. The quantitative estimate of drug-likeness (QED) is 0.535. The van der Waals surface area contributed by atoms with Gasteiger partial charge in [-0.1, -0.05) is 13.0 Å². The Bertz CT molecular complexity index is 1060. The summed E-state index contributed by atoms with van der Waals surface area (Å²) in [6, 6.07) is 3.84. The Kier molecular flexibility index (Phi) is 10.9. The number of hydrogen-bond donors (Lipinski definition) is 2. The first-order valence-corrected chi connectivity index (χ1v) is 13.7. The van der Waals surface area contributed by atoms with Gasteiger partial charge in [-0.25, -0.2) is 13.2 Å². The van der Waals surface area contributed by atoms with Gasteiger partial charge in [-0.2, -0.15) is 17.5 Å². The molecule has 0 saturated carbocycles. The van der Waals surface area contributed by atoms with Gasteiger partial charge in [0.05, 0.1) is 11.4 Å². The Balaban J connectivity index is 0.000000604. The molecular weight excluding hydrogens is 513 g/mol. The molecule has 1 aromatic rings. The van der Waals surface area contributed by atoms with E-state index in [9.17, 15) is 26.4 Å². The van der Waals surface area contributed by atoms with Crippen molar-refractivity contribution in [2.45, 2.75) is 57.7 Å². The maximum atomic E-state index is 13.7. The van der Waals surface area contributed by atoms with Crippen LogP contribution >= 0.6 is 0 Å². The predicted octanol–water partition coefficient (Wildman–Crippen LogP) is 2.15. The molecule has 1 aromatic carbocycles. The summed E-state index contributed by atoms with van der Waals surface area (Å²) < 4.78 is 60.7. The molecular formula is C24H37F3N4O5S. The van der Waals surface area contributed by atoms with Crippen molar-refractivity contribution in [2.24, 2.45) is 0 Å². The summed E-state index contributed by atoms with van der Waals surface area (Å²) in [7, 11) is -3.78. The number of piperazine rings is 1. The second kappa shape index (κ2) is 13.0. The van der Waals surface area contributed by atoms with Gasteiger partial charge in [0.15, 0.2) is 0 Å². The Morgan fingerprint density at radius 1 is 1.08 bits per heavy atom. The fourth-order valence-electron chi connectivity index (χ4n) is 4.52. The lowest BCUT2D eigenvalue weighted by atomic mass is 10.1. The normalized spacial score (nSPS) is 19.0. The minimum absolute atomic E-state index is 0.0945. The molecule has 0 aliphatic carbocycles. The molecule has 0 aromatic heterocycles. The van der Waals surface area contributed by atoms with E-state index in [2.05, 4.69) is 17.1 Å². The Morgan fingerprint density at radius 3 is 2.19 bits per heavy atom. The molecule has 0 radical (unpaired) electrons. The SMILES string of the molecule is CCN1CCCC1CN(CC(=O)N1CCNCC1)S(=O)(=O)c1cc(C)c(C)cc1C.O=C(O)C(F)(F)F. The van der Waals surface area contributed by atoms with E-state index in [1.165, 1.54) is 4.31 Å². The maximum absolute atomic E-state index is 13.7. The van der Waals surface area contributed by atoms with Gasteiger partial charge in [-0.3, -0.25) is 9.69 Å². The van der Waals surface area contributed by atoms with Gasteiger partial charge in [-0.15, -0.1) is 0 Å². The van der Waals surface area contributed by atoms with E-state index in [4.69, 9.17) is 9.90 Å². The number of halogens is 3. The third-order valence-electron chi connectivity index (χ3n) is 6.75. The van der Waals surface area contributed by atoms with Crippen molar-refractivity contribution in [1.82, 2.24) is 19.4 Å².